The molecule has 0 N–H and O–H groups in total. The highest BCUT2D eigenvalue weighted by Crippen LogP contribution is 2.35. The number of rotatable bonds is 2. The molecule has 0 bridgehead atoms. The third kappa shape index (κ3) is 2.43. The maximum Gasteiger partial charge on any atom is 0.133 e. The van der Waals surface area contributed by atoms with Crippen molar-refractivity contribution in [3.8, 4) is 0 Å². The van der Waals surface area contributed by atoms with Crippen molar-refractivity contribution >= 4 is 5.78 Å². The average Bonchev–Trinajstić information content (AvgIpc) is 2.03. The first-order valence-corrected chi connectivity index (χ1v) is 5.18. The van der Waals surface area contributed by atoms with Crippen molar-refractivity contribution in [2.75, 3.05) is 0 Å². The quantitative estimate of drug-likeness (QED) is 0.596. The Kier molecular flexibility index (Phi) is 3.29. The number of allylic oxidation sites excluding steroid dienone is 2. The summed E-state index contributed by atoms with van der Waals surface area (Å²) in [7, 11) is 0. The van der Waals surface area contributed by atoms with Gasteiger partial charge >= 0.3 is 0 Å². The second-order valence-electron chi connectivity index (χ2n) is 4.62. The lowest BCUT2D eigenvalue weighted by Gasteiger charge is -2.31. The van der Waals surface area contributed by atoms with Crippen LogP contribution in [0.2, 0.25) is 0 Å². The Morgan fingerprint density at radius 3 is 2.62 bits per heavy atom. The van der Waals surface area contributed by atoms with Crippen LogP contribution in [-0.2, 0) is 4.79 Å². The van der Waals surface area contributed by atoms with Gasteiger partial charge in [0.2, 0.25) is 0 Å². The summed E-state index contributed by atoms with van der Waals surface area (Å²) in [5, 5.41) is 0. The monoisotopic (exact) mass is 180 g/mol. The van der Waals surface area contributed by atoms with Crippen LogP contribution in [0, 0.1) is 17.8 Å². The van der Waals surface area contributed by atoms with E-state index in [2.05, 4.69) is 26.8 Å². The minimum atomic E-state index is 0.281. The molecule has 74 valence electrons. The summed E-state index contributed by atoms with van der Waals surface area (Å²) in [6, 6.07) is 0. The number of ketones is 1. The molecule has 1 aliphatic rings. The molecule has 2 atom stereocenters. The van der Waals surface area contributed by atoms with Crippen LogP contribution in [-0.4, -0.2) is 5.78 Å². The summed E-state index contributed by atoms with van der Waals surface area (Å²) in [6.45, 7) is 8.35. The molecule has 0 saturated carbocycles. The molecule has 0 aromatic carbocycles. The van der Waals surface area contributed by atoms with E-state index >= 15 is 0 Å². The molecule has 0 radical (unpaired) electrons. The molecular formula is C12H20O. The van der Waals surface area contributed by atoms with Crippen LogP contribution in [0.1, 0.15) is 40.5 Å². The van der Waals surface area contributed by atoms with Crippen LogP contribution < -0.4 is 0 Å². The first-order chi connectivity index (χ1) is 6.02. The molecule has 0 aliphatic heterocycles. The molecule has 0 aromatic rings. The van der Waals surface area contributed by atoms with Gasteiger partial charge in [0.25, 0.3) is 0 Å². The number of carbonyl (C=O) groups excluding carboxylic acids is 1. The van der Waals surface area contributed by atoms with E-state index in [0.717, 1.165) is 12.8 Å². The summed E-state index contributed by atoms with van der Waals surface area (Å²) < 4.78 is 0. The summed E-state index contributed by atoms with van der Waals surface area (Å²) in [4.78, 5) is 11.4. The normalized spacial score (nSPS) is 28.8. The summed E-state index contributed by atoms with van der Waals surface area (Å²) in [6.07, 6.45) is 4.30. The van der Waals surface area contributed by atoms with Gasteiger partial charge in [-0.25, -0.2) is 0 Å². The highest BCUT2D eigenvalue weighted by atomic mass is 16.1. The van der Waals surface area contributed by atoms with Crippen molar-refractivity contribution in [3.05, 3.63) is 11.6 Å². The Morgan fingerprint density at radius 2 is 2.15 bits per heavy atom. The fourth-order valence-electron chi connectivity index (χ4n) is 2.27. The van der Waals surface area contributed by atoms with Crippen LogP contribution in [0.25, 0.3) is 0 Å². The second-order valence-corrected chi connectivity index (χ2v) is 4.62. The minimum absolute atomic E-state index is 0.281. The zero-order chi connectivity index (χ0) is 10.0. The fraction of sp³-hybridized carbons (Fsp3) is 0.750. The molecule has 0 spiro atoms. The molecule has 2 unspecified atom stereocenters. The van der Waals surface area contributed by atoms with Gasteiger partial charge in [0.05, 0.1) is 0 Å². The van der Waals surface area contributed by atoms with Crippen molar-refractivity contribution in [1.82, 2.24) is 0 Å². The minimum Gasteiger partial charge on any atom is -0.300 e. The van der Waals surface area contributed by atoms with Gasteiger partial charge in [0.1, 0.15) is 5.78 Å². The van der Waals surface area contributed by atoms with Crippen molar-refractivity contribution in [2.24, 2.45) is 17.8 Å². The van der Waals surface area contributed by atoms with Crippen molar-refractivity contribution in [2.45, 2.75) is 40.5 Å². The number of hydrogen-bond donors (Lipinski definition) is 0. The maximum atomic E-state index is 11.4. The highest BCUT2D eigenvalue weighted by molar-refractivity contribution is 5.79. The molecule has 13 heavy (non-hydrogen) atoms. The Bertz CT molecular complexity index is 225. The van der Waals surface area contributed by atoms with E-state index in [1.165, 1.54) is 5.57 Å². The van der Waals surface area contributed by atoms with E-state index in [9.17, 15) is 4.79 Å². The third-order valence-electron chi connectivity index (χ3n) is 3.17. The largest absolute Gasteiger partial charge is 0.300 e. The molecule has 0 saturated heterocycles. The predicted octanol–water partition coefficient (Wildman–Crippen LogP) is 3.20. The van der Waals surface area contributed by atoms with Gasteiger partial charge in [-0.1, -0.05) is 25.5 Å². The van der Waals surface area contributed by atoms with Gasteiger partial charge in [-0.2, -0.15) is 0 Å². The van der Waals surface area contributed by atoms with Crippen molar-refractivity contribution < 1.29 is 4.79 Å². The van der Waals surface area contributed by atoms with Crippen molar-refractivity contribution in [1.29, 1.82) is 0 Å². The predicted molar refractivity (Wildman–Crippen MR) is 55.5 cm³/mol. The Hall–Kier alpha value is -0.590. The summed E-state index contributed by atoms with van der Waals surface area (Å²) in [5.41, 5.74) is 1.45. The van der Waals surface area contributed by atoms with E-state index in [0.29, 0.717) is 17.6 Å². The fourth-order valence-corrected chi connectivity index (χ4v) is 2.27. The zero-order valence-electron chi connectivity index (χ0n) is 9.13. The van der Waals surface area contributed by atoms with E-state index in [1.807, 2.05) is 0 Å². The van der Waals surface area contributed by atoms with Crippen LogP contribution in [0.15, 0.2) is 11.6 Å². The summed E-state index contributed by atoms with van der Waals surface area (Å²) >= 11 is 0. The van der Waals surface area contributed by atoms with Gasteiger partial charge < -0.3 is 0 Å². The lowest BCUT2D eigenvalue weighted by Crippen LogP contribution is -2.28. The third-order valence-corrected chi connectivity index (χ3v) is 3.17. The van der Waals surface area contributed by atoms with E-state index < -0.39 is 0 Å². The standard InChI is InChI=1S/C12H20O/c1-8(2)12-7-9(3)5-6-11(12)10(4)13/h5,8,11-12H,6-7H2,1-4H3. The number of hydrogen-bond acceptors (Lipinski definition) is 1. The Morgan fingerprint density at radius 1 is 1.54 bits per heavy atom. The topological polar surface area (TPSA) is 17.1 Å². The summed E-state index contributed by atoms with van der Waals surface area (Å²) in [5.74, 6) is 1.84. The zero-order valence-corrected chi connectivity index (χ0v) is 9.13. The molecule has 1 aliphatic carbocycles. The van der Waals surface area contributed by atoms with E-state index in [-0.39, 0.29) is 5.92 Å². The van der Waals surface area contributed by atoms with Gasteiger partial charge in [-0.05, 0) is 38.5 Å². The molecule has 1 heteroatoms. The smallest absolute Gasteiger partial charge is 0.133 e. The van der Waals surface area contributed by atoms with Crippen LogP contribution >= 0.6 is 0 Å². The van der Waals surface area contributed by atoms with E-state index in [1.54, 1.807) is 6.92 Å². The highest BCUT2D eigenvalue weighted by Gasteiger charge is 2.29. The molecule has 0 fully saturated rings. The second kappa shape index (κ2) is 4.08. The SMILES string of the molecule is CC(=O)C1CC=C(C)CC1C(C)C. The Labute approximate surface area is 81.2 Å². The molecule has 0 heterocycles. The van der Waals surface area contributed by atoms with Gasteiger partial charge in [-0.3, -0.25) is 4.79 Å². The van der Waals surface area contributed by atoms with Gasteiger partial charge in [-0.15, -0.1) is 0 Å². The number of carbonyl (C=O) groups is 1. The van der Waals surface area contributed by atoms with Gasteiger partial charge in [0, 0.05) is 5.92 Å². The molecule has 0 aromatic heterocycles. The Balaban J connectivity index is 2.77. The van der Waals surface area contributed by atoms with Crippen LogP contribution in [0.3, 0.4) is 0 Å². The first-order valence-electron chi connectivity index (χ1n) is 5.18. The maximum absolute atomic E-state index is 11.4. The number of Topliss-reactive ketones (excluding diaryl/α,β-unsaturated/α-hetero) is 1. The van der Waals surface area contributed by atoms with Crippen LogP contribution in [0.4, 0.5) is 0 Å². The first kappa shape index (κ1) is 10.5. The molecule has 1 nitrogen and oxygen atoms in total. The van der Waals surface area contributed by atoms with Gasteiger partial charge in [0.15, 0.2) is 0 Å². The average molecular weight is 180 g/mol. The van der Waals surface area contributed by atoms with Crippen molar-refractivity contribution in [3.63, 3.8) is 0 Å². The lowest BCUT2D eigenvalue weighted by atomic mass is 9.72. The van der Waals surface area contributed by atoms with E-state index in [4.69, 9.17) is 0 Å². The molecule has 0 amide bonds. The van der Waals surface area contributed by atoms with Crippen LogP contribution in [0.5, 0.6) is 0 Å². The molecular weight excluding hydrogens is 160 g/mol. The lowest BCUT2D eigenvalue weighted by molar-refractivity contribution is -0.123. The molecule has 1 rings (SSSR count).